The van der Waals surface area contributed by atoms with Crippen LogP contribution in [0.4, 0.5) is 5.69 Å². The van der Waals surface area contributed by atoms with Crippen molar-refractivity contribution in [3.8, 4) is 5.75 Å². The van der Waals surface area contributed by atoms with Crippen LogP contribution in [0.5, 0.6) is 5.75 Å². The van der Waals surface area contributed by atoms with E-state index >= 15 is 0 Å². The molecule has 6 nitrogen and oxygen atoms in total. The number of nitrogens with one attached hydrogen (secondary N) is 2. The first-order valence-corrected chi connectivity index (χ1v) is 9.54. The van der Waals surface area contributed by atoms with Gasteiger partial charge < -0.3 is 15.4 Å². The molecule has 1 aliphatic heterocycles. The summed E-state index contributed by atoms with van der Waals surface area (Å²) in [5.74, 6) is 0.205. The van der Waals surface area contributed by atoms with E-state index in [9.17, 15) is 13.5 Å². The van der Waals surface area contributed by atoms with Crippen LogP contribution >= 0.6 is 0 Å². The van der Waals surface area contributed by atoms with E-state index in [0.29, 0.717) is 11.4 Å². The number of fused-ring (bicyclic) bond motifs is 1. The summed E-state index contributed by atoms with van der Waals surface area (Å²) in [4.78, 5) is 3.35. The van der Waals surface area contributed by atoms with Crippen molar-refractivity contribution in [1.29, 1.82) is 0 Å². The Morgan fingerprint density at radius 2 is 1.92 bits per heavy atom. The quantitative estimate of drug-likeness (QED) is 0.627. The van der Waals surface area contributed by atoms with Gasteiger partial charge in [0.15, 0.2) is 0 Å². The van der Waals surface area contributed by atoms with Crippen molar-refractivity contribution in [1.82, 2.24) is 9.29 Å². The van der Waals surface area contributed by atoms with Gasteiger partial charge in [-0.15, -0.1) is 0 Å². The molecule has 0 unspecified atom stereocenters. The highest BCUT2D eigenvalue weighted by atomic mass is 32.2. The molecule has 4 rings (SSSR count). The summed E-state index contributed by atoms with van der Waals surface area (Å²) in [5, 5.41) is 13.6. The number of hydrogen-bond acceptors (Lipinski definition) is 4. The lowest BCUT2D eigenvalue weighted by molar-refractivity contribution is 0.191. The molecule has 1 aliphatic rings. The highest BCUT2D eigenvalue weighted by molar-refractivity contribution is 7.89. The average Bonchev–Trinajstić information content (AvgIpc) is 3.07. The zero-order valence-corrected chi connectivity index (χ0v) is 14.5. The number of aromatic amines is 1. The van der Waals surface area contributed by atoms with Gasteiger partial charge in [-0.3, -0.25) is 0 Å². The molecule has 2 atom stereocenters. The van der Waals surface area contributed by atoms with Crippen molar-refractivity contribution in [3.05, 3.63) is 54.7 Å². The summed E-state index contributed by atoms with van der Waals surface area (Å²) in [6.07, 6.45) is 1.80. The summed E-state index contributed by atoms with van der Waals surface area (Å²) in [7, 11) is -3.52. The smallest absolute Gasteiger partial charge is 0.243 e. The summed E-state index contributed by atoms with van der Waals surface area (Å²) in [6, 6.07) is 13.7. The Kier molecular flexibility index (Phi) is 3.70. The maximum Gasteiger partial charge on any atom is 0.243 e. The number of benzene rings is 2. The fourth-order valence-corrected chi connectivity index (χ4v) is 4.87. The Balaban J connectivity index is 1.51. The third-order valence-electron chi connectivity index (χ3n) is 4.77. The Morgan fingerprint density at radius 1 is 1.16 bits per heavy atom. The van der Waals surface area contributed by atoms with Gasteiger partial charge in [-0.2, -0.15) is 4.31 Å². The van der Waals surface area contributed by atoms with Gasteiger partial charge in [-0.05, 0) is 54.8 Å². The zero-order valence-electron chi connectivity index (χ0n) is 13.7. The van der Waals surface area contributed by atoms with Gasteiger partial charge >= 0.3 is 0 Å². The lowest BCUT2D eigenvalue weighted by atomic mass is 10.0. The Bertz CT molecular complexity index is 1010. The summed E-state index contributed by atoms with van der Waals surface area (Å²) in [5.41, 5.74) is 1.67. The van der Waals surface area contributed by atoms with Gasteiger partial charge in [-0.1, -0.05) is 6.07 Å². The van der Waals surface area contributed by atoms with Crippen LogP contribution in [-0.2, 0) is 10.0 Å². The minimum absolute atomic E-state index is 0.0357. The molecule has 130 valence electrons. The van der Waals surface area contributed by atoms with E-state index in [1.807, 2.05) is 19.1 Å². The lowest BCUT2D eigenvalue weighted by Crippen LogP contribution is -2.63. The molecule has 1 aromatic heterocycles. The van der Waals surface area contributed by atoms with Crippen LogP contribution in [0.3, 0.4) is 0 Å². The van der Waals surface area contributed by atoms with Gasteiger partial charge in [0.2, 0.25) is 10.0 Å². The van der Waals surface area contributed by atoms with Crippen LogP contribution in [0.25, 0.3) is 10.9 Å². The molecule has 2 aromatic carbocycles. The van der Waals surface area contributed by atoms with Gasteiger partial charge in [-0.25, -0.2) is 8.42 Å². The molecule has 3 N–H and O–H groups in total. The third-order valence-corrected chi connectivity index (χ3v) is 6.71. The van der Waals surface area contributed by atoms with Crippen LogP contribution in [0.15, 0.2) is 59.6 Å². The van der Waals surface area contributed by atoms with Crippen molar-refractivity contribution >= 4 is 26.6 Å². The van der Waals surface area contributed by atoms with Crippen molar-refractivity contribution in [3.63, 3.8) is 0 Å². The van der Waals surface area contributed by atoms with E-state index in [2.05, 4.69) is 10.3 Å². The van der Waals surface area contributed by atoms with Crippen LogP contribution in [-0.4, -0.2) is 41.4 Å². The predicted molar refractivity (Wildman–Crippen MR) is 97.2 cm³/mol. The molecule has 25 heavy (non-hydrogen) atoms. The first kappa shape index (κ1) is 16.0. The largest absolute Gasteiger partial charge is 0.508 e. The number of hydrogen-bond donors (Lipinski definition) is 3. The molecule has 7 heteroatoms. The Hall–Kier alpha value is -2.51. The monoisotopic (exact) mass is 357 g/mol. The van der Waals surface area contributed by atoms with E-state index in [1.54, 1.807) is 42.6 Å². The Morgan fingerprint density at radius 3 is 2.64 bits per heavy atom. The number of aromatic hydroxyl groups is 1. The molecule has 0 saturated carbocycles. The number of sulfonamides is 1. The molecular weight excluding hydrogens is 338 g/mol. The highest BCUT2D eigenvalue weighted by Crippen LogP contribution is 2.30. The molecule has 0 radical (unpaired) electrons. The van der Waals surface area contributed by atoms with Crippen LogP contribution < -0.4 is 5.32 Å². The molecule has 2 heterocycles. The first-order valence-electron chi connectivity index (χ1n) is 8.10. The van der Waals surface area contributed by atoms with E-state index in [4.69, 9.17) is 0 Å². The van der Waals surface area contributed by atoms with Crippen molar-refractivity contribution in [2.24, 2.45) is 0 Å². The number of aromatic nitrogens is 1. The molecule has 0 bridgehead atoms. The first-order chi connectivity index (χ1) is 11.9. The van der Waals surface area contributed by atoms with E-state index in [0.717, 1.165) is 16.6 Å². The van der Waals surface area contributed by atoms with Crippen LogP contribution in [0.1, 0.15) is 6.92 Å². The maximum atomic E-state index is 12.9. The lowest BCUT2D eigenvalue weighted by Gasteiger charge is -2.45. The molecule has 3 aromatic rings. The van der Waals surface area contributed by atoms with E-state index in [-0.39, 0.29) is 17.8 Å². The molecule has 0 amide bonds. The van der Waals surface area contributed by atoms with Crippen molar-refractivity contribution < 1.29 is 13.5 Å². The van der Waals surface area contributed by atoms with Crippen molar-refractivity contribution in [2.75, 3.05) is 11.9 Å². The SMILES string of the molecule is C[C@@H]1[C@H](Nc2ccc(O)cc2)CN1S(=O)(=O)c1ccc2cc[nH]c2c1. The highest BCUT2D eigenvalue weighted by Gasteiger charge is 2.43. The maximum absolute atomic E-state index is 12.9. The molecule has 0 aliphatic carbocycles. The van der Waals surface area contributed by atoms with E-state index < -0.39 is 10.0 Å². The molecule has 1 fully saturated rings. The molecular formula is C18H19N3O3S. The number of nitrogens with zero attached hydrogens (tertiary/aromatic N) is 1. The second-order valence-electron chi connectivity index (χ2n) is 6.34. The second-order valence-corrected chi connectivity index (χ2v) is 8.23. The Labute approximate surface area is 146 Å². The molecule has 0 spiro atoms. The van der Waals surface area contributed by atoms with Crippen LogP contribution in [0.2, 0.25) is 0 Å². The number of phenolic OH excluding ortho intramolecular Hbond substituents is 1. The second kappa shape index (κ2) is 5.79. The molecule has 1 saturated heterocycles. The fourth-order valence-electron chi connectivity index (χ4n) is 3.15. The number of anilines is 1. The summed E-state index contributed by atoms with van der Waals surface area (Å²) >= 11 is 0. The number of rotatable bonds is 4. The normalized spacial score (nSPS) is 21.2. The summed E-state index contributed by atoms with van der Waals surface area (Å²) in [6.45, 7) is 2.31. The van der Waals surface area contributed by atoms with Crippen molar-refractivity contribution in [2.45, 2.75) is 23.9 Å². The number of H-pyrrole nitrogens is 1. The minimum Gasteiger partial charge on any atom is -0.508 e. The van der Waals surface area contributed by atoms with Gasteiger partial charge in [0.1, 0.15) is 5.75 Å². The minimum atomic E-state index is -3.52. The fraction of sp³-hybridized carbons (Fsp3) is 0.222. The zero-order chi connectivity index (χ0) is 17.6. The third kappa shape index (κ3) is 2.75. The van der Waals surface area contributed by atoms with Gasteiger partial charge in [0, 0.05) is 30.0 Å². The van der Waals surface area contributed by atoms with Crippen LogP contribution in [0, 0.1) is 0 Å². The topological polar surface area (TPSA) is 85.4 Å². The average molecular weight is 357 g/mol. The van der Waals surface area contributed by atoms with Gasteiger partial charge in [0.25, 0.3) is 0 Å². The van der Waals surface area contributed by atoms with Gasteiger partial charge in [0.05, 0.1) is 10.9 Å². The number of phenols is 1. The standard InChI is InChI=1S/C18H19N3O3S/c1-12-18(20-14-3-5-15(22)6-4-14)11-21(12)25(23,24)16-7-2-13-8-9-19-17(13)10-16/h2-10,12,18-20,22H,11H2,1H3/t12-,18-/m1/s1. The van der Waals surface area contributed by atoms with E-state index in [1.165, 1.54) is 4.31 Å². The predicted octanol–water partition coefficient (Wildman–Crippen LogP) is 2.75. The summed E-state index contributed by atoms with van der Waals surface area (Å²) < 4.78 is 27.3.